The number of halogens is 2. The first kappa shape index (κ1) is 27.2. The van der Waals surface area contributed by atoms with Crippen LogP contribution in [0.2, 0.25) is 0 Å². The molecule has 0 bridgehead atoms. The molecular formula is C33H36F2O4. The zero-order valence-corrected chi connectivity index (χ0v) is 22.8. The average Bonchev–Trinajstić information content (AvgIpc) is 3.69. The summed E-state index contributed by atoms with van der Waals surface area (Å²) >= 11 is 0. The number of carboxylic acids is 1. The van der Waals surface area contributed by atoms with Crippen LogP contribution in [0.25, 0.3) is 11.1 Å². The van der Waals surface area contributed by atoms with Crippen LogP contribution < -0.4 is 9.47 Å². The molecule has 0 radical (unpaired) electrons. The Hall–Kier alpha value is -3.41. The van der Waals surface area contributed by atoms with Gasteiger partial charge in [-0.15, -0.1) is 0 Å². The van der Waals surface area contributed by atoms with Crippen molar-refractivity contribution in [2.45, 2.75) is 70.8 Å². The van der Waals surface area contributed by atoms with Gasteiger partial charge in [-0.05, 0) is 89.5 Å². The van der Waals surface area contributed by atoms with Gasteiger partial charge in [0, 0.05) is 11.5 Å². The Balaban J connectivity index is 1.46. The Morgan fingerprint density at radius 1 is 1.05 bits per heavy atom. The fraction of sp³-hybridized carbons (Fsp3) is 0.424. The third-order valence-electron chi connectivity index (χ3n) is 8.58. The van der Waals surface area contributed by atoms with Crippen molar-refractivity contribution < 1.29 is 28.2 Å². The Labute approximate surface area is 229 Å². The number of benzene rings is 3. The maximum absolute atomic E-state index is 15.5. The standard InChI is InChI=1S/C33H36F2O4/c1-33(2)15-5-7-28(33)26-16-20(9-13-23(26)27-17-22(38-3)12-14-29(27)34)19-39-30-8-4-6-24(32(30)35)25(18-31(36)37)21-10-11-21/h4,6,8-9,12-14,16-17,21,25,28H,5,7,10-11,15,18-19H2,1-3H3,(H,36,37)/t25-,28+/m1/s1. The Bertz CT molecular complexity index is 1360. The van der Waals surface area contributed by atoms with Gasteiger partial charge in [0.15, 0.2) is 11.6 Å². The SMILES string of the molecule is COc1ccc(F)c(-c2ccc(COc3cccc([C@H](CC(=O)O)C4CC4)c3F)cc2[C@@H]2CCCC2(C)C)c1. The van der Waals surface area contributed by atoms with Crippen LogP contribution in [-0.4, -0.2) is 18.2 Å². The van der Waals surface area contributed by atoms with Crippen molar-refractivity contribution in [3.8, 4) is 22.6 Å². The quantitative estimate of drug-likeness (QED) is 0.283. The molecule has 1 N–H and O–H groups in total. The lowest BCUT2D eigenvalue weighted by atomic mass is 9.75. The first-order chi connectivity index (χ1) is 18.7. The smallest absolute Gasteiger partial charge is 0.303 e. The van der Waals surface area contributed by atoms with E-state index in [1.807, 2.05) is 12.1 Å². The van der Waals surface area contributed by atoms with Crippen molar-refractivity contribution in [1.29, 1.82) is 0 Å². The van der Waals surface area contributed by atoms with Gasteiger partial charge in [0.1, 0.15) is 18.2 Å². The van der Waals surface area contributed by atoms with Gasteiger partial charge in [0.05, 0.1) is 13.5 Å². The molecule has 3 aromatic carbocycles. The Morgan fingerprint density at radius 2 is 1.85 bits per heavy atom. The monoisotopic (exact) mass is 534 g/mol. The first-order valence-corrected chi connectivity index (χ1v) is 13.8. The molecule has 0 spiro atoms. The molecule has 2 atom stereocenters. The van der Waals surface area contributed by atoms with Gasteiger partial charge in [0.2, 0.25) is 0 Å². The van der Waals surface area contributed by atoms with Crippen molar-refractivity contribution in [2.24, 2.45) is 11.3 Å². The number of hydrogen-bond acceptors (Lipinski definition) is 3. The summed E-state index contributed by atoms with van der Waals surface area (Å²) in [5, 5.41) is 9.35. The van der Waals surface area contributed by atoms with Crippen LogP contribution in [0, 0.1) is 23.0 Å². The van der Waals surface area contributed by atoms with Crippen molar-refractivity contribution in [3.05, 3.63) is 82.9 Å². The number of methoxy groups -OCH3 is 1. The molecule has 0 saturated heterocycles. The summed E-state index contributed by atoms with van der Waals surface area (Å²) < 4.78 is 41.9. The van der Waals surface area contributed by atoms with Crippen molar-refractivity contribution in [3.63, 3.8) is 0 Å². The predicted octanol–water partition coefficient (Wildman–Crippen LogP) is 8.48. The Kier molecular flexibility index (Phi) is 7.66. The van der Waals surface area contributed by atoms with E-state index in [9.17, 15) is 9.90 Å². The second-order valence-corrected chi connectivity index (χ2v) is 11.7. The minimum Gasteiger partial charge on any atom is -0.497 e. The van der Waals surface area contributed by atoms with Crippen LogP contribution in [0.1, 0.15) is 80.9 Å². The second kappa shape index (κ2) is 11.0. The van der Waals surface area contributed by atoms with E-state index in [-0.39, 0.29) is 47.8 Å². The minimum atomic E-state index is -0.924. The third kappa shape index (κ3) is 5.80. The lowest BCUT2D eigenvalue weighted by molar-refractivity contribution is -0.137. The van der Waals surface area contributed by atoms with Gasteiger partial charge in [-0.3, -0.25) is 4.79 Å². The molecule has 2 aliphatic carbocycles. The van der Waals surface area contributed by atoms with Crippen LogP contribution in [0.4, 0.5) is 8.78 Å². The van der Waals surface area contributed by atoms with E-state index in [4.69, 9.17) is 9.47 Å². The molecule has 5 rings (SSSR count). The maximum atomic E-state index is 15.5. The molecule has 206 valence electrons. The fourth-order valence-corrected chi connectivity index (χ4v) is 6.28. The van der Waals surface area contributed by atoms with E-state index in [1.165, 1.54) is 6.07 Å². The molecule has 4 nitrogen and oxygen atoms in total. The highest BCUT2D eigenvalue weighted by Gasteiger charge is 2.38. The van der Waals surface area contributed by atoms with Gasteiger partial charge >= 0.3 is 5.97 Å². The van der Waals surface area contributed by atoms with E-state index >= 15 is 8.78 Å². The fourth-order valence-electron chi connectivity index (χ4n) is 6.28. The van der Waals surface area contributed by atoms with Gasteiger partial charge in [0.25, 0.3) is 0 Å². The van der Waals surface area contributed by atoms with Crippen molar-refractivity contribution in [1.82, 2.24) is 0 Å². The molecule has 2 aliphatic rings. The third-order valence-corrected chi connectivity index (χ3v) is 8.58. The summed E-state index contributed by atoms with van der Waals surface area (Å²) in [7, 11) is 1.57. The highest BCUT2D eigenvalue weighted by Crippen LogP contribution is 2.51. The number of rotatable bonds is 10. The number of carbonyl (C=O) groups is 1. The van der Waals surface area contributed by atoms with Crippen LogP contribution in [0.15, 0.2) is 54.6 Å². The largest absolute Gasteiger partial charge is 0.497 e. The second-order valence-electron chi connectivity index (χ2n) is 11.7. The van der Waals surface area contributed by atoms with Crippen molar-refractivity contribution in [2.75, 3.05) is 7.11 Å². The summed E-state index contributed by atoms with van der Waals surface area (Å²) in [4.78, 5) is 11.4. The summed E-state index contributed by atoms with van der Waals surface area (Å²) in [6.45, 7) is 4.66. The van der Waals surface area contributed by atoms with Gasteiger partial charge in [-0.1, -0.05) is 50.6 Å². The molecule has 0 heterocycles. The predicted molar refractivity (Wildman–Crippen MR) is 147 cm³/mol. The molecule has 2 saturated carbocycles. The first-order valence-electron chi connectivity index (χ1n) is 13.8. The van der Waals surface area contributed by atoms with Gasteiger partial charge < -0.3 is 14.6 Å². The van der Waals surface area contributed by atoms with Crippen LogP contribution in [0.5, 0.6) is 11.5 Å². The molecule has 0 aliphatic heterocycles. The molecule has 0 amide bonds. The lowest BCUT2D eigenvalue weighted by Gasteiger charge is -2.30. The summed E-state index contributed by atoms with van der Waals surface area (Å²) in [6, 6.07) is 15.7. The van der Waals surface area contributed by atoms with Crippen molar-refractivity contribution >= 4 is 5.97 Å². The molecule has 39 heavy (non-hydrogen) atoms. The highest BCUT2D eigenvalue weighted by molar-refractivity contribution is 5.71. The summed E-state index contributed by atoms with van der Waals surface area (Å²) in [5.74, 6) is -0.898. The molecule has 0 aromatic heterocycles. The van der Waals surface area contributed by atoms with Crippen LogP contribution in [-0.2, 0) is 11.4 Å². The number of hydrogen-bond donors (Lipinski definition) is 1. The van der Waals surface area contributed by atoms with E-state index in [2.05, 4.69) is 19.9 Å². The van der Waals surface area contributed by atoms with E-state index in [0.717, 1.165) is 48.8 Å². The average molecular weight is 535 g/mol. The van der Waals surface area contributed by atoms with E-state index in [0.29, 0.717) is 16.9 Å². The molecular weight excluding hydrogens is 498 g/mol. The number of aliphatic carboxylic acids is 1. The van der Waals surface area contributed by atoms with E-state index in [1.54, 1.807) is 37.4 Å². The minimum absolute atomic E-state index is 0.0615. The molecule has 2 fully saturated rings. The van der Waals surface area contributed by atoms with Gasteiger partial charge in [-0.25, -0.2) is 8.78 Å². The Morgan fingerprint density at radius 3 is 2.51 bits per heavy atom. The zero-order valence-electron chi connectivity index (χ0n) is 22.8. The normalized spacial score (nSPS) is 19.1. The van der Waals surface area contributed by atoms with Crippen LogP contribution in [0.3, 0.4) is 0 Å². The summed E-state index contributed by atoms with van der Waals surface area (Å²) in [5.41, 5.74) is 3.75. The highest BCUT2D eigenvalue weighted by atomic mass is 19.1. The maximum Gasteiger partial charge on any atom is 0.303 e. The lowest BCUT2D eigenvalue weighted by Crippen LogP contribution is -2.17. The molecule has 3 aromatic rings. The topological polar surface area (TPSA) is 55.8 Å². The molecule has 0 unspecified atom stereocenters. The summed E-state index contributed by atoms with van der Waals surface area (Å²) in [6.07, 6.45) is 4.96. The number of carboxylic acid groups (broad SMARTS) is 1. The van der Waals surface area contributed by atoms with E-state index < -0.39 is 11.8 Å². The van der Waals surface area contributed by atoms with Crippen LogP contribution >= 0.6 is 0 Å². The zero-order chi connectivity index (χ0) is 27.7. The van der Waals surface area contributed by atoms with Gasteiger partial charge in [-0.2, -0.15) is 0 Å². The molecule has 6 heteroatoms. The number of ether oxygens (including phenoxy) is 2.